The van der Waals surface area contributed by atoms with Gasteiger partial charge in [0.15, 0.2) is 0 Å². The van der Waals surface area contributed by atoms with Crippen LogP contribution in [0, 0.1) is 10.1 Å². The highest BCUT2D eigenvalue weighted by Crippen LogP contribution is 2.37. The molecule has 1 heterocycles. The summed E-state index contributed by atoms with van der Waals surface area (Å²) in [5, 5.41) is 15.9. The van der Waals surface area contributed by atoms with Crippen LogP contribution in [0.3, 0.4) is 0 Å². The molecule has 0 bridgehead atoms. The molecule has 0 fully saturated rings. The van der Waals surface area contributed by atoms with E-state index in [0.717, 1.165) is 5.56 Å². The molecule has 2 aromatic carbocycles. The number of hydrogen-bond acceptors (Lipinski definition) is 6. The summed E-state index contributed by atoms with van der Waals surface area (Å²) in [5.74, 6) is 0.562. The first kappa shape index (κ1) is 14.4. The Kier molecular flexibility index (Phi) is 3.97. The van der Waals surface area contributed by atoms with Crippen LogP contribution in [0.25, 0.3) is 0 Å². The summed E-state index contributed by atoms with van der Waals surface area (Å²) in [6, 6.07) is 14.4. The fraction of sp³-hybridized carbons (Fsp3) is 0.133. The Morgan fingerprint density at radius 1 is 1.27 bits per heavy atom. The highest BCUT2D eigenvalue weighted by molar-refractivity contribution is 8.14. The summed E-state index contributed by atoms with van der Waals surface area (Å²) in [4.78, 5) is 10.5. The molecule has 1 N–H and O–H groups in total. The number of rotatable bonds is 4. The van der Waals surface area contributed by atoms with Gasteiger partial charge in [0.05, 0.1) is 17.6 Å². The molecule has 112 valence electrons. The standard InChI is InChI=1S/C15H13N3O3S/c1-21-13-8-7-11(18(19)20)9-12(13)15-17-16-14(22-15)10-5-3-2-4-6-10/h2-9,14,16H,1H3. The number of nitrogens with one attached hydrogen (secondary N) is 1. The topological polar surface area (TPSA) is 76.8 Å². The summed E-state index contributed by atoms with van der Waals surface area (Å²) in [6.45, 7) is 0. The average molecular weight is 315 g/mol. The molecular formula is C15H13N3O3S. The van der Waals surface area contributed by atoms with Crippen LogP contribution in [0.1, 0.15) is 16.5 Å². The maximum absolute atomic E-state index is 11.0. The van der Waals surface area contributed by atoms with E-state index >= 15 is 0 Å². The maximum atomic E-state index is 11.0. The van der Waals surface area contributed by atoms with Crippen molar-refractivity contribution < 1.29 is 9.66 Å². The van der Waals surface area contributed by atoms with Gasteiger partial charge in [-0.1, -0.05) is 42.1 Å². The molecule has 0 spiro atoms. The van der Waals surface area contributed by atoms with Gasteiger partial charge in [0.2, 0.25) is 0 Å². The Morgan fingerprint density at radius 3 is 2.73 bits per heavy atom. The molecule has 0 saturated carbocycles. The van der Waals surface area contributed by atoms with E-state index in [2.05, 4.69) is 10.5 Å². The zero-order chi connectivity index (χ0) is 15.5. The zero-order valence-corrected chi connectivity index (χ0v) is 12.5. The van der Waals surface area contributed by atoms with E-state index in [1.165, 1.54) is 31.0 Å². The van der Waals surface area contributed by atoms with Crippen LogP contribution in [-0.4, -0.2) is 17.1 Å². The summed E-state index contributed by atoms with van der Waals surface area (Å²) in [5.41, 5.74) is 4.77. The molecule has 0 saturated heterocycles. The molecule has 7 heteroatoms. The normalized spacial score (nSPS) is 16.8. The number of non-ortho nitro benzene ring substituents is 1. The van der Waals surface area contributed by atoms with Gasteiger partial charge in [0.1, 0.15) is 16.2 Å². The Morgan fingerprint density at radius 2 is 2.05 bits per heavy atom. The van der Waals surface area contributed by atoms with Crippen LogP contribution in [0.5, 0.6) is 5.75 Å². The lowest BCUT2D eigenvalue weighted by Gasteiger charge is -2.10. The van der Waals surface area contributed by atoms with Crippen molar-refractivity contribution in [1.29, 1.82) is 0 Å². The summed E-state index contributed by atoms with van der Waals surface area (Å²) in [7, 11) is 1.53. The molecule has 1 aliphatic rings. The van der Waals surface area contributed by atoms with Crippen molar-refractivity contribution in [3.63, 3.8) is 0 Å². The molecule has 6 nitrogen and oxygen atoms in total. The number of hydrogen-bond donors (Lipinski definition) is 1. The van der Waals surface area contributed by atoms with Crippen molar-refractivity contribution >= 4 is 22.5 Å². The molecule has 0 radical (unpaired) electrons. The number of nitro groups is 1. The van der Waals surface area contributed by atoms with Gasteiger partial charge in [0.25, 0.3) is 5.69 Å². The van der Waals surface area contributed by atoms with Gasteiger partial charge in [-0.05, 0) is 11.6 Å². The molecule has 22 heavy (non-hydrogen) atoms. The fourth-order valence-corrected chi connectivity index (χ4v) is 3.17. The van der Waals surface area contributed by atoms with E-state index in [0.29, 0.717) is 16.4 Å². The molecule has 0 aliphatic carbocycles. The molecule has 2 aromatic rings. The van der Waals surface area contributed by atoms with Crippen LogP contribution in [0.15, 0.2) is 53.6 Å². The Hall–Kier alpha value is -2.54. The highest BCUT2D eigenvalue weighted by Gasteiger charge is 2.25. The number of hydrazone groups is 1. The van der Waals surface area contributed by atoms with E-state index in [1.54, 1.807) is 6.07 Å². The van der Waals surface area contributed by atoms with Gasteiger partial charge in [0, 0.05) is 12.1 Å². The molecule has 1 unspecified atom stereocenters. The zero-order valence-electron chi connectivity index (χ0n) is 11.7. The van der Waals surface area contributed by atoms with Crippen LogP contribution in [0.4, 0.5) is 5.69 Å². The van der Waals surface area contributed by atoms with E-state index < -0.39 is 4.92 Å². The first-order valence-electron chi connectivity index (χ1n) is 6.56. The summed E-state index contributed by atoms with van der Waals surface area (Å²) < 4.78 is 5.29. The number of thioether (sulfide) groups is 1. The van der Waals surface area contributed by atoms with Crippen molar-refractivity contribution in [1.82, 2.24) is 5.43 Å². The van der Waals surface area contributed by atoms with Gasteiger partial charge >= 0.3 is 0 Å². The highest BCUT2D eigenvalue weighted by atomic mass is 32.2. The second kappa shape index (κ2) is 6.07. The third-order valence-electron chi connectivity index (χ3n) is 3.24. The number of ether oxygens (including phenoxy) is 1. The van der Waals surface area contributed by atoms with Crippen LogP contribution < -0.4 is 10.2 Å². The minimum atomic E-state index is -0.425. The number of benzene rings is 2. The predicted molar refractivity (Wildman–Crippen MR) is 86.1 cm³/mol. The Labute approximate surface area is 131 Å². The van der Waals surface area contributed by atoms with E-state index in [4.69, 9.17) is 4.74 Å². The minimum absolute atomic E-state index is 0.0137. The first-order valence-corrected chi connectivity index (χ1v) is 7.44. The number of nitrogens with zero attached hydrogens (tertiary/aromatic N) is 2. The SMILES string of the molecule is COc1ccc([N+](=O)[O-])cc1C1=NNC(c2ccccc2)S1. The number of methoxy groups -OCH3 is 1. The quantitative estimate of drug-likeness (QED) is 0.692. The molecule has 3 rings (SSSR count). The summed E-state index contributed by atoms with van der Waals surface area (Å²) >= 11 is 1.50. The third-order valence-corrected chi connectivity index (χ3v) is 4.39. The van der Waals surface area contributed by atoms with E-state index in [1.807, 2.05) is 30.3 Å². The first-order chi connectivity index (χ1) is 10.7. The third kappa shape index (κ3) is 2.75. The Balaban J connectivity index is 1.89. The van der Waals surface area contributed by atoms with E-state index in [-0.39, 0.29) is 11.1 Å². The lowest BCUT2D eigenvalue weighted by molar-refractivity contribution is -0.384. The monoisotopic (exact) mass is 315 g/mol. The summed E-state index contributed by atoms with van der Waals surface area (Å²) in [6.07, 6.45) is 0. The number of nitro benzene ring substituents is 1. The molecular weight excluding hydrogens is 302 g/mol. The van der Waals surface area contributed by atoms with Gasteiger partial charge in [-0.15, -0.1) is 0 Å². The van der Waals surface area contributed by atoms with Crippen LogP contribution >= 0.6 is 11.8 Å². The molecule has 1 aliphatic heterocycles. The van der Waals surface area contributed by atoms with Gasteiger partial charge in [-0.3, -0.25) is 15.5 Å². The van der Waals surface area contributed by atoms with E-state index in [9.17, 15) is 10.1 Å². The largest absolute Gasteiger partial charge is 0.496 e. The molecule has 0 aromatic heterocycles. The lowest BCUT2D eigenvalue weighted by Crippen LogP contribution is -2.05. The van der Waals surface area contributed by atoms with Crippen molar-refractivity contribution in [2.24, 2.45) is 5.10 Å². The van der Waals surface area contributed by atoms with Crippen molar-refractivity contribution in [3.8, 4) is 5.75 Å². The average Bonchev–Trinajstić information content (AvgIpc) is 3.05. The van der Waals surface area contributed by atoms with Crippen molar-refractivity contribution in [2.75, 3.05) is 7.11 Å². The second-order valence-corrected chi connectivity index (χ2v) is 5.69. The fourth-order valence-electron chi connectivity index (χ4n) is 2.15. The molecule has 0 amide bonds. The minimum Gasteiger partial charge on any atom is -0.496 e. The smallest absolute Gasteiger partial charge is 0.270 e. The lowest BCUT2D eigenvalue weighted by atomic mass is 10.2. The van der Waals surface area contributed by atoms with Crippen molar-refractivity contribution in [2.45, 2.75) is 5.37 Å². The van der Waals surface area contributed by atoms with Crippen molar-refractivity contribution in [3.05, 3.63) is 69.8 Å². The predicted octanol–water partition coefficient (Wildman–Crippen LogP) is 3.30. The maximum Gasteiger partial charge on any atom is 0.270 e. The van der Waals surface area contributed by atoms with Gasteiger partial charge in [-0.25, -0.2) is 0 Å². The van der Waals surface area contributed by atoms with Gasteiger partial charge < -0.3 is 4.74 Å². The molecule has 1 atom stereocenters. The van der Waals surface area contributed by atoms with Crippen LogP contribution in [-0.2, 0) is 0 Å². The van der Waals surface area contributed by atoms with Crippen LogP contribution in [0.2, 0.25) is 0 Å². The van der Waals surface area contributed by atoms with Gasteiger partial charge in [-0.2, -0.15) is 5.10 Å². The Bertz CT molecular complexity index is 734. The second-order valence-electron chi connectivity index (χ2n) is 4.60.